The van der Waals surface area contributed by atoms with Crippen molar-refractivity contribution < 1.29 is 18.1 Å². The number of aliphatic hydroxyl groups excluding tert-OH is 1. The third kappa shape index (κ3) is 17.9. The van der Waals surface area contributed by atoms with Gasteiger partial charge in [0.1, 0.15) is 0 Å². The Hall–Kier alpha value is -0.130. The lowest BCUT2D eigenvalue weighted by Gasteiger charge is -2.15. The summed E-state index contributed by atoms with van der Waals surface area (Å²) in [6, 6.07) is 0. The van der Waals surface area contributed by atoms with Crippen molar-refractivity contribution in [1.82, 2.24) is 0 Å². The first-order valence-electron chi connectivity index (χ1n) is 12.1. The number of rotatable bonds is 21. The van der Waals surface area contributed by atoms with Gasteiger partial charge in [0.2, 0.25) is 0 Å². The Morgan fingerprint density at radius 3 is 1.43 bits per heavy atom. The second-order valence-electron chi connectivity index (χ2n) is 8.54. The summed E-state index contributed by atoms with van der Waals surface area (Å²) < 4.78 is 32.1. The van der Waals surface area contributed by atoms with Crippen LogP contribution >= 0.6 is 0 Å². The van der Waals surface area contributed by atoms with E-state index in [4.69, 9.17) is 0 Å². The maximum atomic E-state index is 11.4. The van der Waals surface area contributed by atoms with Gasteiger partial charge in [-0.1, -0.05) is 104 Å². The highest BCUT2D eigenvalue weighted by Gasteiger charge is 2.22. The second kappa shape index (κ2) is 18.9. The molecule has 0 aliphatic heterocycles. The molecule has 0 rings (SSSR count). The molecule has 0 saturated heterocycles. The summed E-state index contributed by atoms with van der Waals surface area (Å²) in [5.41, 5.74) is 0. The third-order valence-corrected chi connectivity index (χ3v) is 7.07. The Labute approximate surface area is 175 Å². The molecule has 0 aliphatic rings. The minimum atomic E-state index is -3.96. The molecule has 2 atom stereocenters. The van der Waals surface area contributed by atoms with E-state index < -0.39 is 15.4 Å². The molecule has 0 aromatic rings. The summed E-state index contributed by atoms with van der Waals surface area (Å²) in [5, 5.41) is 9.43. The fourth-order valence-corrected chi connectivity index (χ4v) is 4.75. The molecule has 4 nitrogen and oxygen atoms in total. The summed E-state index contributed by atoms with van der Waals surface area (Å²) in [5.74, 6) is 0. The van der Waals surface area contributed by atoms with Crippen LogP contribution in [-0.2, 0) is 10.1 Å². The average molecular weight is 421 g/mol. The lowest BCUT2D eigenvalue weighted by Crippen LogP contribution is -2.21. The van der Waals surface area contributed by atoms with Crippen LogP contribution in [0.2, 0.25) is 0 Å². The van der Waals surface area contributed by atoms with Crippen molar-refractivity contribution in [2.24, 2.45) is 0 Å². The molecular weight excluding hydrogens is 372 g/mol. The van der Waals surface area contributed by atoms with Crippen molar-refractivity contribution in [3.8, 4) is 0 Å². The molecule has 0 radical (unpaired) electrons. The first-order chi connectivity index (χ1) is 13.4. The molecule has 0 amide bonds. The van der Waals surface area contributed by atoms with Gasteiger partial charge in [0.15, 0.2) is 0 Å². The van der Waals surface area contributed by atoms with Crippen molar-refractivity contribution in [2.75, 3.05) is 0 Å². The van der Waals surface area contributed by atoms with E-state index in [-0.39, 0.29) is 6.10 Å². The fraction of sp³-hybridized carbons (Fsp3) is 1.00. The highest BCUT2D eigenvalue weighted by atomic mass is 32.2. The Morgan fingerprint density at radius 2 is 0.964 bits per heavy atom. The van der Waals surface area contributed by atoms with Gasteiger partial charge in [0, 0.05) is 0 Å². The molecule has 2 N–H and O–H groups in total. The molecule has 5 heteroatoms. The zero-order valence-corrected chi connectivity index (χ0v) is 19.5. The lowest BCUT2D eigenvalue weighted by molar-refractivity contribution is 0.147. The quantitative estimate of drug-likeness (QED) is 0.154. The van der Waals surface area contributed by atoms with E-state index in [1.807, 2.05) is 6.92 Å². The maximum absolute atomic E-state index is 11.4. The van der Waals surface area contributed by atoms with Crippen molar-refractivity contribution in [2.45, 2.75) is 147 Å². The van der Waals surface area contributed by atoms with Gasteiger partial charge in [-0.15, -0.1) is 0 Å². The van der Waals surface area contributed by atoms with Crippen LogP contribution in [0.15, 0.2) is 0 Å². The number of hydrogen-bond acceptors (Lipinski definition) is 3. The minimum absolute atomic E-state index is 0.337. The van der Waals surface area contributed by atoms with Crippen LogP contribution in [0.1, 0.15) is 136 Å². The van der Waals surface area contributed by atoms with Crippen molar-refractivity contribution in [1.29, 1.82) is 0 Å². The highest BCUT2D eigenvalue weighted by Crippen LogP contribution is 2.19. The van der Waals surface area contributed by atoms with Gasteiger partial charge in [-0.05, 0) is 32.1 Å². The van der Waals surface area contributed by atoms with Crippen molar-refractivity contribution in [3.05, 3.63) is 0 Å². The molecule has 2 unspecified atom stereocenters. The average Bonchev–Trinajstić information content (AvgIpc) is 2.64. The van der Waals surface area contributed by atoms with Gasteiger partial charge < -0.3 is 5.11 Å². The van der Waals surface area contributed by atoms with Gasteiger partial charge in [0.25, 0.3) is 10.1 Å². The molecule has 0 spiro atoms. The molecule has 0 saturated carbocycles. The summed E-state index contributed by atoms with van der Waals surface area (Å²) in [4.78, 5) is 0. The van der Waals surface area contributed by atoms with Crippen LogP contribution in [0, 0.1) is 0 Å². The Morgan fingerprint density at radius 1 is 0.571 bits per heavy atom. The third-order valence-electron chi connectivity index (χ3n) is 5.76. The Bertz CT molecular complexity index is 422. The summed E-state index contributed by atoms with van der Waals surface area (Å²) in [7, 11) is -3.96. The van der Waals surface area contributed by atoms with E-state index in [0.29, 0.717) is 25.7 Å². The van der Waals surface area contributed by atoms with Crippen LogP contribution in [-0.4, -0.2) is 29.4 Å². The number of hydrogen-bond donors (Lipinski definition) is 2. The molecule has 0 aromatic carbocycles. The molecule has 170 valence electrons. The number of aliphatic hydroxyl groups is 1. The standard InChI is InChI=1S/C23H48O4S/c1-3-5-7-8-9-10-11-12-13-14-15-16-18-22(24)19-17-21-23(20-6-4-2)28(25,26)27/h22-24H,3-21H2,1-2H3,(H,25,26,27). The number of unbranched alkanes of at least 4 members (excludes halogenated alkanes) is 12. The minimum Gasteiger partial charge on any atom is -0.393 e. The van der Waals surface area contributed by atoms with E-state index >= 15 is 0 Å². The molecule has 0 bridgehead atoms. The fourth-order valence-electron chi connectivity index (χ4n) is 3.82. The largest absolute Gasteiger partial charge is 0.393 e. The van der Waals surface area contributed by atoms with Gasteiger partial charge in [0.05, 0.1) is 11.4 Å². The SMILES string of the molecule is CCCCCCCCCCCCCCC(O)CCCC(CCCC)S(=O)(=O)O. The van der Waals surface area contributed by atoms with Crippen molar-refractivity contribution >= 4 is 10.1 Å². The van der Waals surface area contributed by atoms with Gasteiger partial charge >= 0.3 is 0 Å². The van der Waals surface area contributed by atoms with Crippen LogP contribution in [0.4, 0.5) is 0 Å². The molecule has 0 aromatic heterocycles. The second-order valence-corrected chi connectivity index (χ2v) is 10.2. The predicted octanol–water partition coefficient (Wildman–Crippen LogP) is 7.06. The lowest BCUT2D eigenvalue weighted by atomic mass is 10.0. The molecule has 0 aliphatic carbocycles. The first-order valence-corrected chi connectivity index (χ1v) is 13.6. The van der Waals surface area contributed by atoms with E-state index in [0.717, 1.165) is 25.7 Å². The monoisotopic (exact) mass is 420 g/mol. The van der Waals surface area contributed by atoms with Crippen LogP contribution in [0.3, 0.4) is 0 Å². The summed E-state index contributed by atoms with van der Waals surface area (Å²) >= 11 is 0. The smallest absolute Gasteiger partial charge is 0.267 e. The molecule has 0 heterocycles. The van der Waals surface area contributed by atoms with Crippen LogP contribution in [0.25, 0.3) is 0 Å². The first kappa shape index (κ1) is 27.9. The molecular formula is C23H48O4S. The van der Waals surface area contributed by atoms with Gasteiger partial charge in [-0.25, -0.2) is 0 Å². The summed E-state index contributed by atoms with van der Waals surface area (Å²) in [6.07, 6.45) is 20.2. The normalized spacial score (nSPS) is 14.3. The zero-order chi connectivity index (χ0) is 21.1. The van der Waals surface area contributed by atoms with Gasteiger partial charge in [-0.2, -0.15) is 8.42 Å². The summed E-state index contributed by atoms with van der Waals surface area (Å²) in [6.45, 7) is 4.27. The van der Waals surface area contributed by atoms with Crippen LogP contribution < -0.4 is 0 Å². The van der Waals surface area contributed by atoms with E-state index in [2.05, 4.69) is 6.92 Å². The molecule has 28 heavy (non-hydrogen) atoms. The Balaban J connectivity index is 3.53. The highest BCUT2D eigenvalue weighted by molar-refractivity contribution is 7.86. The van der Waals surface area contributed by atoms with Crippen molar-refractivity contribution in [3.63, 3.8) is 0 Å². The van der Waals surface area contributed by atoms with Gasteiger partial charge in [-0.3, -0.25) is 4.55 Å². The molecule has 0 fully saturated rings. The zero-order valence-electron chi connectivity index (χ0n) is 18.7. The van der Waals surface area contributed by atoms with E-state index in [1.165, 1.54) is 70.6 Å². The van der Waals surface area contributed by atoms with E-state index in [1.54, 1.807) is 0 Å². The Kier molecular flexibility index (Phi) is 18.8. The predicted molar refractivity (Wildman–Crippen MR) is 120 cm³/mol. The topological polar surface area (TPSA) is 74.6 Å². The van der Waals surface area contributed by atoms with E-state index in [9.17, 15) is 18.1 Å². The van der Waals surface area contributed by atoms with Crippen LogP contribution in [0.5, 0.6) is 0 Å². The maximum Gasteiger partial charge on any atom is 0.267 e.